The van der Waals surface area contributed by atoms with Crippen molar-refractivity contribution in [2.24, 2.45) is 0 Å². The van der Waals surface area contributed by atoms with E-state index < -0.39 is 0 Å². The van der Waals surface area contributed by atoms with Gasteiger partial charge in [-0.1, -0.05) is 60.7 Å². The molecule has 0 amide bonds. The maximum Gasteiger partial charge on any atom is 0.136 e. The number of allylic oxidation sites excluding steroid dienone is 1. The molecule has 0 spiro atoms. The molecule has 0 saturated carbocycles. The van der Waals surface area contributed by atoms with E-state index in [1.54, 1.807) is 25.3 Å². The first-order chi connectivity index (χ1) is 14.6. The van der Waals surface area contributed by atoms with Crippen molar-refractivity contribution < 1.29 is 4.39 Å². The van der Waals surface area contributed by atoms with E-state index in [-0.39, 0.29) is 5.82 Å². The van der Waals surface area contributed by atoms with Crippen LogP contribution in [0.15, 0.2) is 84.4 Å². The number of aryl methyl sites for hydroxylation is 1. The molecule has 146 valence electrons. The Morgan fingerprint density at radius 2 is 1.70 bits per heavy atom. The first kappa shape index (κ1) is 19.6. The van der Waals surface area contributed by atoms with Crippen LogP contribution in [-0.2, 0) is 0 Å². The largest absolute Gasteiger partial charge is 0.360 e. The van der Waals surface area contributed by atoms with E-state index in [1.165, 1.54) is 17.4 Å². The quantitative estimate of drug-likeness (QED) is 0.363. The Bertz CT molecular complexity index is 1240. The summed E-state index contributed by atoms with van der Waals surface area (Å²) in [6.07, 6.45) is 1.56. The van der Waals surface area contributed by atoms with Crippen molar-refractivity contribution >= 4 is 22.6 Å². The number of anilines is 1. The van der Waals surface area contributed by atoms with Crippen molar-refractivity contribution in [2.45, 2.75) is 6.92 Å². The van der Waals surface area contributed by atoms with Crippen LogP contribution >= 0.6 is 11.3 Å². The van der Waals surface area contributed by atoms with E-state index in [0.29, 0.717) is 21.8 Å². The summed E-state index contributed by atoms with van der Waals surface area (Å²) in [6, 6.07) is 25.4. The Kier molecular flexibility index (Phi) is 5.69. The maximum absolute atomic E-state index is 13.7. The highest BCUT2D eigenvalue weighted by atomic mass is 32.1. The molecule has 0 aliphatic heterocycles. The Morgan fingerprint density at radius 1 is 1.00 bits per heavy atom. The molecule has 0 radical (unpaired) electrons. The van der Waals surface area contributed by atoms with Crippen molar-refractivity contribution in [1.29, 1.82) is 5.26 Å². The molecule has 0 aliphatic rings. The minimum Gasteiger partial charge on any atom is -0.360 e. The predicted molar refractivity (Wildman–Crippen MR) is 121 cm³/mol. The van der Waals surface area contributed by atoms with Crippen molar-refractivity contribution in [2.75, 3.05) is 5.32 Å². The molecule has 1 aromatic heterocycles. The molecule has 0 bridgehead atoms. The molecule has 1 heterocycles. The normalized spacial score (nSPS) is 11.2. The third kappa shape index (κ3) is 4.29. The van der Waals surface area contributed by atoms with Crippen LogP contribution in [0.25, 0.3) is 28.0 Å². The van der Waals surface area contributed by atoms with E-state index in [4.69, 9.17) is 0 Å². The highest BCUT2D eigenvalue weighted by molar-refractivity contribution is 7.11. The highest BCUT2D eigenvalue weighted by Gasteiger charge is 2.09. The van der Waals surface area contributed by atoms with Crippen molar-refractivity contribution in [3.05, 3.63) is 101 Å². The highest BCUT2D eigenvalue weighted by Crippen LogP contribution is 2.28. The molecular weight excluding hydrogens is 393 g/mol. The molecule has 0 saturated heterocycles. The van der Waals surface area contributed by atoms with Crippen molar-refractivity contribution in [3.63, 3.8) is 0 Å². The second-order valence-corrected chi connectivity index (χ2v) is 7.62. The first-order valence-electron chi connectivity index (χ1n) is 9.39. The number of halogens is 1. The van der Waals surface area contributed by atoms with Crippen LogP contribution in [0.2, 0.25) is 0 Å². The number of nitrogens with one attached hydrogen (secondary N) is 1. The van der Waals surface area contributed by atoms with Gasteiger partial charge in [0.2, 0.25) is 0 Å². The van der Waals surface area contributed by atoms with Crippen LogP contribution < -0.4 is 5.32 Å². The lowest BCUT2D eigenvalue weighted by Gasteiger charge is -2.03. The van der Waals surface area contributed by atoms with E-state index in [0.717, 1.165) is 22.4 Å². The zero-order valence-electron chi connectivity index (χ0n) is 16.3. The van der Waals surface area contributed by atoms with Gasteiger partial charge in [-0.15, -0.1) is 11.3 Å². The third-order valence-corrected chi connectivity index (χ3v) is 5.57. The molecule has 0 fully saturated rings. The van der Waals surface area contributed by atoms with Gasteiger partial charge in [0.05, 0.1) is 5.69 Å². The fraction of sp³-hybridized carbons (Fsp3) is 0.0400. The topological polar surface area (TPSA) is 48.7 Å². The molecule has 1 N–H and O–H groups in total. The number of nitrogens with zero attached hydrogens (tertiary/aromatic N) is 2. The van der Waals surface area contributed by atoms with Crippen molar-refractivity contribution in [3.8, 4) is 28.5 Å². The summed E-state index contributed by atoms with van der Waals surface area (Å²) < 4.78 is 13.7. The zero-order chi connectivity index (χ0) is 20.9. The Balaban J connectivity index is 1.53. The van der Waals surface area contributed by atoms with Gasteiger partial charge in [0, 0.05) is 22.8 Å². The maximum atomic E-state index is 13.7. The molecule has 30 heavy (non-hydrogen) atoms. The van der Waals surface area contributed by atoms with Gasteiger partial charge >= 0.3 is 0 Å². The standard InChI is InChI=1S/C25H18FN3S/c1-17-7-12-22(13-23(17)26)28-15-21(14-27)25-29-24(16-30-25)20-10-8-19(9-11-20)18-5-3-2-4-6-18/h2-13,15-16,28H,1H3. The van der Waals surface area contributed by atoms with Crippen LogP contribution in [0.3, 0.4) is 0 Å². The molecule has 0 aliphatic carbocycles. The monoisotopic (exact) mass is 411 g/mol. The summed E-state index contributed by atoms with van der Waals surface area (Å²) >= 11 is 1.40. The lowest BCUT2D eigenvalue weighted by molar-refractivity contribution is 0.619. The number of rotatable bonds is 5. The van der Waals surface area contributed by atoms with Crippen LogP contribution in [0.4, 0.5) is 10.1 Å². The van der Waals surface area contributed by atoms with E-state index in [1.807, 2.05) is 35.7 Å². The summed E-state index contributed by atoms with van der Waals surface area (Å²) in [5.74, 6) is -0.289. The smallest absolute Gasteiger partial charge is 0.136 e. The van der Waals surface area contributed by atoms with E-state index in [9.17, 15) is 9.65 Å². The van der Waals surface area contributed by atoms with Gasteiger partial charge in [0.15, 0.2) is 0 Å². The molecule has 0 unspecified atom stereocenters. The van der Waals surface area contributed by atoms with Crippen LogP contribution in [0.1, 0.15) is 10.6 Å². The molecule has 5 heteroatoms. The predicted octanol–water partition coefficient (Wildman–Crippen LogP) is 6.90. The van der Waals surface area contributed by atoms with Gasteiger partial charge in [-0.3, -0.25) is 0 Å². The number of thiazole rings is 1. The Labute approximate surface area is 178 Å². The molecule has 4 rings (SSSR count). The first-order valence-corrected chi connectivity index (χ1v) is 10.3. The molecular formula is C25H18FN3S. The number of nitriles is 1. The summed E-state index contributed by atoms with van der Waals surface area (Å²) in [7, 11) is 0. The molecule has 3 aromatic carbocycles. The number of hydrogen-bond acceptors (Lipinski definition) is 4. The molecule has 4 aromatic rings. The lowest BCUT2D eigenvalue weighted by atomic mass is 10.0. The molecule has 0 atom stereocenters. The van der Waals surface area contributed by atoms with E-state index >= 15 is 0 Å². The van der Waals surface area contributed by atoms with Gasteiger partial charge < -0.3 is 5.32 Å². The molecule has 3 nitrogen and oxygen atoms in total. The van der Waals surface area contributed by atoms with Crippen LogP contribution in [0, 0.1) is 24.1 Å². The number of benzene rings is 3. The number of aromatic nitrogens is 1. The average molecular weight is 412 g/mol. The average Bonchev–Trinajstić information content (AvgIpc) is 3.27. The summed E-state index contributed by atoms with van der Waals surface area (Å²) in [6.45, 7) is 1.71. The summed E-state index contributed by atoms with van der Waals surface area (Å²) in [4.78, 5) is 4.61. The van der Waals surface area contributed by atoms with Gasteiger partial charge in [0.1, 0.15) is 22.5 Å². The third-order valence-electron chi connectivity index (χ3n) is 4.70. The van der Waals surface area contributed by atoms with Crippen molar-refractivity contribution in [1.82, 2.24) is 4.98 Å². The minimum atomic E-state index is -0.289. The summed E-state index contributed by atoms with van der Waals surface area (Å²) in [5, 5.41) is 15.1. The zero-order valence-corrected chi connectivity index (χ0v) is 17.1. The second kappa shape index (κ2) is 8.73. The second-order valence-electron chi connectivity index (χ2n) is 6.76. The lowest BCUT2D eigenvalue weighted by Crippen LogP contribution is -1.93. The SMILES string of the molecule is Cc1ccc(NC=C(C#N)c2nc(-c3ccc(-c4ccccc4)cc3)cs2)cc1F. The minimum absolute atomic E-state index is 0.289. The Hall–Kier alpha value is -3.75. The van der Waals surface area contributed by atoms with Gasteiger partial charge in [-0.25, -0.2) is 9.37 Å². The van der Waals surface area contributed by atoms with Gasteiger partial charge in [-0.05, 0) is 35.7 Å². The number of hydrogen-bond donors (Lipinski definition) is 1. The fourth-order valence-corrected chi connectivity index (χ4v) is 3.77. The Morgan fingerprint density at radius 3 is 2.40 bits per heavy atom. The van der Waals surface area contributed by atoms with Crippen LogP contribution in [-0.4, -0.2) is 4.98 Å². The van der Waals surface area contributed by atoms with E-state index in [2.05, 4.69) is 40.6 Å². The fourth-order valence-electron chi connectivity index (χ4n) is 2.97. The van der Waals surface area contributed by atoms with Gasteiger partial charge in [-0.2, -0.15) is 5.26 Å². The van der Waals surface area contributed by atoms with Crippen LogP contribution in [0.5, 0.6) is 0 Å². The summed E-state index contributed by atoms with van der Waals surface area (Å²) in [5.41, 5.74) is 5.67. The van der Waals surface area contributed by atoms with Gasteiger partial charge in [0.25, 0.3) is 0 Å².